The minimum absolute atomic E-state index is 0.00221. The summed E-state index contributed by atoms with van der Waals surface area (Å²) in [6, 6.07) is 7.50. The lowest BCUT2D eigenvalue weighted by Crippen LogP contribution is -2.41. The second-order valence-electron chi connectivity index (χ2n) is 4.75. The molecule has 1 saturated heterocycles. The summed E-state index contributed by atoms with van der Waals surface area (Å²) in [5.41, 5.74) is 0.778. The Kier molecular flexibility index (Phi) is 5.38. The summed E-state index contributed by atoms with van der Waals surface area (Å²) in [5.74, 6) is 0.666. The zero-order valence-electron chi connectivity index (χ0n) is 12.0. The molecule has 5 heteroatoms. The fourth-order valence-corrected chi connectivity index (χ4v) is 2.31. The summed E-state index contributed by atoms with van der Waals surface area (Å²) in [7, 11) is 0. The van der Waals surface area contributed by atoms with E-state index in [9.17, 15) is 4.79 Å². The van der Waals surface area contributed by atoms with Crippen molar-refractivity contribution < 1.29 is 14.3 Å². The van der Waals surface area contributed by atoms with Crippen molar-refractivity contribution in [3.63, 3.8) is 0 Å². The van der Waals surface area contributed by atoms with Crippen LogP contribution in [0, 0.1) is 5.92 Å². The van der Waals surface area contributed by atoms with E-state index in [4.69, 9.17) is 9.47 Å². The Morgan fingerprint density at radius 3 is 2.70 bits per heavy atom. The molecule has 110 valence electrons. The number of hydrogen-bond acceptors (Lipinski definition) is 4. The highest BCUT2D eigenvalue weighted by Gasteiger charge is 2.33. The molecule has 1 fully saturated rings. The Balaban J connectivity index is 1.93. The van der Waals surface area contributed by atoms with E-state index in [0.717, 1.165) is 18.0 Å². The molecule has 0 aliphatic carbocycles. The summed E-state index contributed by atoms with van der Waals surface area (Å²) in [6.07, 6.45) is 0. The number of carbonyl (C=O) groups is 1. The average molecular weight is 278 g/mol. The average Bonchev–Trinajstić information content (AvgIpc) is 2.90. The molecular weight excluding hydrogens is 256 g/mol. The van der Waals surface area contributed by atoms with Gasteiger partial charge in [-0.3, -0.25) is 4.79 Å². The van der Waals surface area contributed by atoms with Gasteiger partial charge in [0.2, 0.25) is 5.91 Å². The molecular formula is C15H22N2O3. The summed E-state index contributed by atoms with van der Waals surface area (Å²) < 4.78 is 10.8. The van der Waals surface area contributed by atoms with E-state index in [-0.39, 0.29) is 17.9 Å². The lowest BCUT2D eigenvalue weighted by atomic mass is 10.0. The van der Waals surface area contributed by atoms with Crippen LogP contribution in [0.2, 0.25) is 0 Å². The van der Waals surface area contributed by atoms with Crippen molar-refractivity contribution >= 4 is 11.6 Å². The zero-order valence-corrected chi connectivity index (χ0v) is 12.0. The summed E-state index contributed by atoms with van der Waals surface area (Å²) in [5, 5.41) is 6.21. The van der Waals surface area contributed by atoms with E-state index < -0.39 is 0 Å². The lowest BCUT2D eigenvalue weighted by molar-refractivity contribution is -0.120. The molecule has 1 aliphatic rings. The molecule has 1 heterocycles. The van der Waals surface area contributed by atoms with Crippen LogP contribution in [0.3, 0.4) is 0 Å². The number of anilines is 1. The molecule has 0 saturated carbocycles. The molecule has 1 amide bonds. The van der Waals surface area contributed by atoms with Crippen molar-refractivity contribution in [2.75, 3.05) is 31.7 Å². The number of rotatable bonds is 6. The van der Waals surface area contributed by atoms with E-state index in [1.807, 2.05) is 38.1 Å². The highest BCUT2D eigenvalue weighted by Crippen LogP contribution is 2.19. The Labute approximate surface area is 119 Å². The number of ether oxygens (including phenoxy) is 2. The highest BCUT2D eigenvalue weighted by atomic mass is 16.5. The molecule has 1 aliphatic heterocycles. The lowest BCUT2D eigenvalue weighted by Gasteiger charge is -2.17. The maximum atomic E-state index is 12.2. The van der Waals surface area contributed by atoms with E-state index in [0.29, 0.717) is 19.8 Å². The zero-order chi connectivity index (χ0) is 14.4. The maximum Gasteiger partial charge on any atom is 0.231 e. The van der Waals surface area contributed by atoms with Gasteiger partial charge in [0.25, 0.3) is 0 Å². The minimum Gasteiger partial charge on any atom is -0.494 e. The fraction of sp³-hybridized carbons (Fsp3) is 0.533. The third-order valence-corrected chi connectivity index (χ3v) is 3.32. The van der Waals surface area contributed by atoms with Crippen LogP contribution in [0.1, 0.15) is 13.8 Å². The molecule has 2 atom stereocenters. The van der Waals surface area contributed by atoms with Gasteiger partial charge in [-0.25, -0.2) is 0 Å². The van der Waals surface area contributed by atoms with Crippen molar-refractivity contribution in [1.29, 1.82) is 0 Å². The third kappa shape index (κ3) is 3.71. The normalized spacial score (nSPS) is 21.7. The third-order valence-electron chi connectivity index (χ3n) is 3.32. The number of amides is 1. The van der Waals surface area contributed by atoms with Crippen LogP contribution in [0.25, 0.3) is 0 Å². The van der Waals surface area contributed by atoms with Crippen molar-refractivity contribution in [3.8, 4) is 5.75 Å². The Hall–Kier alpha value is -1.59. The van der Waals surface area contributed by atoms with Gasteiger partial charge in [0.15, 0.2) is 0 Å². The van der Waals surface area contributed by atoms with E-state index in [2.05, 4.69) is 10.6 Å². The first-order valence-electron chi connectivity index (χ1n) is 7.09. The van der Waals surface area contributed by atoms with Crippen LogP contribution in [0.4, 0.5) is 5.69 Å². The van der Waals surface area contributed by atoms with Crippen LogP contribution in [0.5, 0.6) is 5.75 Å². The second kappa shape index (κ2) is 7.26. The summed E-state index contributed by atoms with van der Waals surface area (Å²) in [6.45, 7) is 6.50. The molecule has 2 unspecified atom stereocenters. The number of benzene rings is 1. The molecule has 0 bridgehead atoms. The predicted molar refractivity (Wildman–Crippen MR) is 78.0 cm³/mol. The maximum absolute atomic E-state index is 12.2. The van der Waals surface area contributed by atoms with Gasteiger partial charge in [-0.05, 0) is 37.7 Å². The van der Waals surface area contributed by atoms with Gasteiger partial charge in [0.05, 0.1) is 25.7 Å². The number of nitrogens with one attached hydrogen (secondary N) is 2. The molecule has 1 aromatic rings. The standard InChI is InChI=1S/C15H22N2O3/c1-3-16-14-10-19-9-13(14)15(18)17-11-5-7-12(8-6-11)20-4-2/h5-8,13-14,16H,3-4,9-10H2,1-2H3,(H,17,18). The Morgan fingerprint density at radius 2 is 2.05 bits per heavy atom. The largest absolute Gasteiger partial charge is 0.494 e. The van der Waals surface area contributed by atoms with E-state index >= 15 is 0 Å². The van der Waals surface area contributed by atoms with Gasteiger partial charge in [0.1, 0.15) is 5.75 Å². The first-order valence-corrected chi connectivity index (χ1v) is 7.09. The van der Waals surface area contributed by atoms with E-state index in [1.54, 1.807) is 0 Å². The minimum atomic E-state index is -0.137. The first kappa shape index (κ1) is 14.8. The molecule has 2 N–H and O–H groups in total. The van der Waals surface area contributed by atoms with Crippen LogP contribution < -0.4 is 15.4 Å². The van der Waals surface area contributed by atoms with Gasteiger partial charge in [-0.1, -0.05) is 6.92 Å². The quantitative estimate of drug-likeness (QED) is 0.830. The Morgan fingerprint density at radius 1 is 1.30 bits per heavy atom. The fourth-order valence-electron chi connectivity index (χ4n) is 2.31. The molecule has 2 rings (SSSR count). The second-order valence-corrected chi connectivity index (χ2v) is 4.75. The van der Waals surface area contributed by atoms with Gasteiger partial charge >= 0.3 is 0 Å². The molecule has 0 radical (unpaired) electrons. The number of likely N-dealkylation sites (N-methyl/N-ethyl adjacent to an activating group) is 1. The van der Waals surface area contributed by atoms with Crippen LogP contribution in [0.15, 0.2) is 24.3 Å². The van der Waals surface area contributed by atoms with Gasteiger partial charge in [-0.15, -0.1) is 0 Å². The van der Waals surface area contributed by atoms with Gasteiger partial charge < -0.3 is 20.1 Å². The summed E-state index contributed by atoms with van der Waals surface area (Å²) in [4.78, 5) is 12.2. The topological polar surface area (TPSA) is 59.6 Å². The Bertz CT molecular complexity index is 433. The SMILES string of the molecule is CCNC1COCC1C(=O)Nc1ccc(OCC)cc1. The molecule has 20 heavy (non-hydrogen) atoms. The smallest absolute Gasteiger partial charge is 0.231 e. The van der Waals surface area contributed by atoms with Crippen molar-refractivity contribution in [2.45, 2.75) is 19.9 Å². The predicted octanol–water partition coefficient (Wildman–Crippen LogP) is 1.65. The number of hydrogen-bond donors (Lipinski definition) is 2. The van der Waals surface area contributed by atoms with Gasteiger partial charge in [-0.2, -0.15) is 0 Å². The van der Waals surface area contributed by atoms with Crippen LogP contribution in [-0.4, -0.2) is 38.3 Å². The van der Waals surface area contributed by atoms with Crippen LogP contribution >= 0.6 is 0 Å². The molecule has 1 aromatic carbocycles. The van der Waals surface area contributed by atoms with Crippen molar-refractivity contribution in [2.24, 2.45) is 5.92 Å². The van der Waals surface area contributed by atoms with Crippen molar-refractivity contribution in [1.82, 2.24) is 5.32 Å². The van der Waals surface area contributed by atoms with E-state index in [1.165, 1.54) is 0 Å². The highest BCUT2D eigenvalue weighted by molar-refractivity contribution is 5.93. The monoisotopic (exact) mass is 278 g/mol. The van der Waals surface area contributed by atoms with Gasteiger partial charge in [0, 0.05) is 11.7 Å². The first-order chi connectivity index (χ1) is 9.74. The van der Waals surface area contributed by atoms with Crippen molar-refractivity contribution in [3.05, 3.63) is 24.3 Å². The molecule has 0 spiro atoms. The molecule has 0 aromatic heterocycles. The van der Waals surface area contributed by atoms with Crippen LogP contribution in [-0.2, 0) is 9.53 Å². The molecule has 5 nitrogen and oxygen atoms in total. The summed E-state index contributed by atoms with van der Waals surface area (Å²) >= 11 is 0. The number of carbonyl (C=O) groups excluding carboxylic acids is 1.